The van der Waals surface area contributed by atoms with Crippen molar-refractivity contribution < 1.29 is 9.90 Å². The fourth-order valence-electron chi connectivity index (χ4n) is 1.48. The Hall–Kier alpha value is -1.60. The summed E-state index contributed by atoms with van der Waals surface area (Å²) in [6.45, 7) is 5.47. The van der Waals surface area contributed by atoms with E-state index >= 15 is 0 Å². The van der Waals surface area contributed by atoms with Crippen molar-refractivity contribution in [2.24, 2.45) is 0 Å². The number of rotatable bonds is 5. The van der Waals surface area contributed by atoms with Gasteiger partial charge in [-0.15, -0.1) is 0 Å². The molecule has 0 spiro atoms. The first-order chi connectivity index (χ1) is 9.24. The van der Waals surface area contributed by atoms with Gasteiger partial charge in [0.2, 0.25) is 5.91 Å². The maximum Gasteiger partial charge on any atom is 0.287 e. The van der Waals surface area contributed by atoms with Crippen molar-refractivity contribution >= 4 is 23.2 Å². The standard InChI is InChI=1S/C12H19ClN4O3/c1-12(2,3)16-9(19)7-14-8-6-15-17(4-5-18)11(20)10(8)13/h6,14,18H,4-5,7H2,1-3H3,(H,16,19). The zero-order valence-electron chi connectivity index (χ0n) is 11.7. The first kappa shape index (κ1) is 16.5. The lowest BCUT2D eigenvalue weighted by atomic mass is 10.1. The quantitative estimate of drug-likeness (QED) is 0.723. The average molecular weight is 303 g/mol. The largest absolute Gasteiger partial charge is 0.394 e. The van der Waals surface area contributed by atoms with Crippen LogP contribution in [0.1, 0.15) is 20.8 Å². The second-order valence-electron chi connectivity index (χ2n) is 5.28. The van der Waals surface area contributed by atoms with Crippen LogP contribution in [0, 0.1) is 0 Å². The molecule has 1 amide bonds. The molecule has 0 atom stereocenters. The van der Waals surface area contributed by atoms with E-state index in [0.29, 0.717) is 0 Å². The lowest BCUT2D eigenvalue weighted by Gasteiger charge is -2.20. The Labute approximate surface area is 121 Å². The van der Waals surface area contributed by atoms with Crippen LogP contribution in [-0.4, -0.2) is 39.5 Å². The smallest absolute Gasteiger partial charge is 0.287 e. The molecule has 20 heavy (non-hydrogen) atoms. The van der Waals surface area contributed by atoms with Crippen molar-refractivity contribution in [3.63, 3.8) is 0 Å². The Balaban J connectivity index is 2.73. The van der Waals surface area contributed by atoms with E-state index in [1.807, 2.05) is 20.8 Å². The van der Waals surface area contributed by atoms with E-state index in [9.17, 15) is 9.59 Å². The molecular formula is C12H19ClN4O3. The highest BCUT2D eigenvalue weighted by atomic mass is 35.5. The van der Waals surface area contributed by atoms with Crippen molar-refractivity contribution in [3.8, 4) is 0 Å². The Morgan fingerprint density at radius 1 is 1.50 bits per heavy atom. The summed E-state index contributed by atoms with van der Waals surface area (Å²) in [5.74, 6) is -0.215. The van der Waals surface area contributed by atoms with Crippen molar-refractivity contribution in [1.29, 1.82) is 0 Å². The molecule has 112 valence electrons. The van der Waals surface area contributed by atoms with Crippen LogP contribution < -0.4 is 16.2 Å². The molecule has 8 heteroatoms. The molecule has 0 bridgehead atoms. The molecule has 0 aromatic carbocycles. The monoisotopic (exact) mass is 302 g/mol. The zero-order chi connectivity index (χ0) is 15.3. The van der Waals surface area contributed by atoms with E-state index in [2.05, 4.69) is 15.7 Å². The molecule has 0 saturated heterocycles. The van der Waals surface area contributed by atoms with Gasteiger partial charge >= 0.3 is 0 Å². The Kier molecular flexibility index (Phi) is 5.52. The molecule has 0 aliphatic rings. The third kappa shape index (κ3) is 4.82. The van der Waals surface area contributed by atoms with Crippen LogP contribution in [0.3, 0.4) is 0 Å². The van der Waals surface area contributed by atoms with Crippen LogP contribution in [0.4, 0.5) is 5.69 Å². The average Bonchev–Trinajstić information content (AvgIpc) is 2.32. The summed E-state index contributed by atoms with van der Waals surface area (Å²) in [5, 5.41) is 18.1. The lowest BCUT2D eigenvalue weighted by Crippen LogP contribution is -2.43. The summed E-state index contributed by atoms with van der Waals surface area (Å²) in [7, 11) is 0. The molecule has 3 N–H and O–H groups in total. The topological polar surface area (TPSA) is 96.2 Å². The van der Waals surface area contributed by atoms with Gasteiger partial charge in [-0.3, -0.25) is 9.59 Å². The fourth-order valence-corrected chi connectivity index (χ4v) is 1.69. The van der Waals surface area contributed by atoms with Crippen LogP contribution in [0.25, 0.3) is 0 Å². The number of carbonyl (C=O) groups excluding carboxylic acids is 1. The van der Waals surface area contributed by atoms with E-state index in [1.165, 1.54) is 6.20 Å². The maximum absolute atomic E-state index is 11.8. The predicted octanol–water partition coefficient (Wildman–Crippen LogP) is 0.216. The number of nitrogens with zero attached hydrogens (tertiary/aromatic N) is 2. The Bertz CT molecular complexity index is 536. The van der Waals surface area contributed by atoms with Gasteiger partial charge in [0.25, 0.3) is 5.56 Å². The number of halogens is 1. The molecule has 0 radical (unpaired) electrons. The predicted molar refractivity (Wildman–Crippen MR) is 77.0 cm³/mol. The van der Waals surface area contributed by atoms with Gasteiger partial charge in [0.1, 0.15) is 5.02 Å². The number of hydrogen-bond donors (Lipinski definition) is 3. The molecule has 1 heterocycles. The summed E-state index contributed by atoms with van der Waals surface area (Å²) in [5.41, 5.74) is -0.553. The number of nitrogens with one attached hydrogen (secondary N) is 2. The van der Waals surface area contributed by atoms with Crippen molar-refractivity contribution in [1.82, 2.24) is 15.1 Å². The van der Waals surface area contributed by atoms with Gasteiger partial charge in [0.15, 0.2) is 0 Å². The first-order valence-corrected chi connectivity index (χ1v) is 6.54. The SMILES string of the molecule is CC(C)(C)NC(=O)CNc1cnn(CCO)c(=O)c1Cl. The number of aromatic nitrogens is 2. The minimum Gasteiger partial charge on any atom is -0.394 e. The Morgan fingerprint density at radius 3 is 2.70 bits per heavy atom. The molecule has 7 nitrogen and oxygen atoms in total. The molecule has 0 aliphatic heterocycles. The number of hydrogen-bond acceptors (Lipinski definition) is 5. The molecule has 0 unspecified atom stereocenters. The van der Waals surface area contributed by atoms with Gasteiger partial charge in [-0.2, -0.15) is 5.10 Å². The summed E-state index contributed by atoms with van der Waals surface area (Å²) in [6.07, 6.45) is 1.35. The van der Waals surface area contributed by atoms with Crippen molar-refractivity contribution in [3.05, 3.63) is 21.6 Å². The van der Waals surface area contributed by atoms with Crippen LogP contribution in [-0.2, 0) is 11.3 Å². The van der Waals surface area contributed by atoms with Gasteiger partial charge in [0, 0.05) is 5.54 Å². The van der Waals surface area contributed by atoms with E-state index in [0.717, 1.165) is 4.68 Å². The second kappa shape index (κ2) is 6.71. The van der Waals surface area contributed by atoms with Crippen LogP contribution in [0.5, 0.6) is 0 Å². The maximum atomic E-state index is 11.8. The Morgan fingerprint density at radius 2 is 2.15 bits per heavy atom. The second-order valence-corrected chi connectivity index (χ2v) is 5.65. The molecule has 1 aromatic heterocycles. The van der Waals surface area contributed by atoms with E-state index < -0.39 is 5.56 Å². The third-order valence-electron chi connectivity index (χ3n) is 2.25. The van der Waals surface area contributed by atoms with Gasteiger partial charge in [-0.05, 0) is 20.8 Å². The number of carbonyl (C=O) groups is 1. The van der Waals surface area contributed by atoms with Crippen LogP contribution in [0.15, 0.2) is 11.0 Å². The van der Waals surface area contributed by atoms with Crippen LogP contribution >= 0.6 is 11.6 Å². The molecule has 1 aromatic rings. The molecule has 1 rings (SSSR count). The minimum absolute atomic E-state index is 0.0118. The van der Waals surface area contributed by atoms with Crippen LogP contribution in [0.2, 0.25) is 5.02 Å². The molecule has 0 saturated carbocycles. The minimum atomic E-state index is -0.512. The summed E-state index contributed by atoms with van der Waals surface area (Å²) in [6, 6.07) is 0. The van der Waals surface area contributed by atoms with E-state index in [1.54, 1.807) is 0 Å². The highest BCUT2D eigenvalue weighted by Crippen LogP contribution is 2.14. The molecule has 0 aliphatic carbocycles. The number of aliphatic hydroxyl groups is 1. The number of aliphatic hydroxyl groups excluding tert-OH is 1. The van der Waals surface area contributed by atoms with Crippen molar-refractivity contribution in [2.75, 3.05) is 18.5 Å². The van der Waals surface area contributed by atoms with Gasteiger partial charge < -0.3 is 15.7 Å². The highest BCUT2D eigenvalue weighted by molar-refractivity contribution is 6.33. The van der Waals surface area contributed by atoms with Gasteiger partial charge in [-0.1, -0.05) is 11.6 Å². The number of amides is 1. The molecular weight excluding hydrogens is 284 g/mol. The van der Waals surface area contributed by atoms with E-state index in [4.69, 9.17) is 16.7 Å². The van der Waals surface area contributed by atoms with Crippen molar-refractivity contribution in [2.45, 2.75) is 32.9 Å². The fraction of sp³-hybridized carbons (Fsp3) is 0.583. The van der Waals surface area contributed by atoms with Gasteiger partial charge in [0.05, 0.1) is 31.6 Å². The summed E-state index contributed by atoms with van der Waals surface area (Å²) >= 11 is 5.90. The third-order valence-corrected chi connectivity index (χ3v) is 2.62. The van der Waals surface area contributed by atoms with E-state index in [-0.39, 0.29) is 41.9 Å². The molecule has 0 fully saturated rings. The normalized spacial score (nSPS) is 11.2. The van der Waals surface area contributed by atoms with Gasteiger partial charge in [-0.25, -0.2) is 4.68 Å². The lowest BCUT2D eigenvalue weighted by molar-refractivity contribution is -0.120. The number of anilines is 1. The zero-order valence-corrected chi connectivity index (χ0v) is 12.5. The first-order valence-electron chi connectivity index (χ1n) is 6.16. The summed E-state index contributed by atoms with van der Waals surface area (Å²) in [4.78, 5) is 23.4. The highest BCUT2D eigenvalue weighted by Gasteiger charge is 2.14. The summed E-state index contributed by atoms with van der Waals surface area (Å²) < 4.78 is 1.06.